The molecule has 0 radical (unpaired) electrons. The first kappa shape index (κ1) is 14.9. The minimum Gasteiger partial charge on any atom is -0.379 e. The molecule has 2 atom stereocenters. The normalized spacial score (nSPS) is 24.7. The van der Waals surface area contributed by atoms with Gasteiger partial charge in [-0.15, -0.1) is 0 Å². The minimum absolute atomic E-state index is 0.575. The molecular formula is C14H30N2O. The van der Waals surface area contributed by atoms with E-state index in [2.05, 4.69) is 31.0 Å². The SMILES string of the molecule is CCCNC1COCC1CN(CCC)CCC. The molecule has 17 heavy (non-hydrogen) atoms. The highest BCUT2D eigenvalue weighted by Crippen LogP contribution is 2.15. The fourth-order valence-corrected chi connectivity index (χ4v) is 2.59. The van der Waals surface area contributed by atoms with Crippen LogP contribution >= 0.6 is 0 Å². The third-order valence-electron chi connectivity index (χ3n) is 3.43. The maximum absolute atomic E-state index is 5.63. The summed E-state index contributed by atoms with van der Waals surface area (Å²) in [5.41, 5.74) is 0. The first-order chi connectivity index (χ1) is 8.31. The van der Waals surface area contributed by atoms with Crippen LogP contribution in [0.2, 0.25) is 0 Å². The second kappa shape index (κ2) is 8.90. The summed E-state index contributed by atoms with van der Waals surface area (Å²) < 4.78 is 5.63. The van der Waals surface area contributed by atoms with Gasteiger partial charge >= 0.3 is 0 Å². The van der Waals surface area contributed by atoms with Gasteiger partial charge in [-0.3, -0.25) is 0 Å². The van der Waals surface area contributed by atoms with Crippen molar-refractivity contribution in [1.29, 1.82) is 0 Å². The molecule has 0 aliphatic carbocycles. The van der Waals surface area contributed by atoms with Crippen LogP contribution in [0, 0.1) is 5.92 Å². The van der Waals surface area contributed by atoms with Crippen LogP contribution in [0.1, 0.15) is 40.0 Å². The van der Waals surface area contributed by atoms with E-state index in [1.54, 1.807) is 0 Å². The maximum atomic E-state index is 5.63. The van der Waals surface area contributed by atoms with Crippen LogP contribution in [0.3, 0.4) is 0 Å². The molecule has 1 rings (SSSR count). The van der Waals surface area contributed by atoms with Crippen LogP contribution in [0.25, 0.3) is 0 Å². The molecule has 1 heterocycles. The molecule has 1 fully saturated rings. The van der Waals surface area contributed by atoms with E-state index in [0.29, 0.717) is 12.0 Å². The zero-order valence-electron chi connectivity index (χ0n) is 11.9. The molecule has 2 unspecified atom stereocenters. The van der Waals surface area contributed by atoms with Crippen molar-refractivity contribution in [2.24, 2.45) is 5.92 Å². The molecular weight excluding hydrogens is 212 g/mol. The number of rotatable bonds is 9. The fraction of sp³-hybridized carbons (Fsp3) is 1.00. The lowest BCUT2D eigenvalue weighted by Gasteiger charge is -2.27. The second-order valence-corrected chi connectivity index (χ2v) is 5.16. The van der Waals surface area contributed by atoms with E-state index in [0.717, 1.165) is 19.8 Å². The van der Waals surface area contributed by atoms with E-state index < -0.39 is 0 Å². The third kappa shape index (κ3) is 5.36. The molecule has 0 aromatic rings. The zero-order chi connectivity index (χ0) is 12.5. The van der Waals surface area contributed by atoms with Gasteiger partial charge in [0.05, 0.1) is 13.2 Å². The molecule has 0 bridgehead atoms. The van der Waals surface area contributed by atoms with E-state index in [1.807, 2.05) is 0 Å². The van der Waals surface area contributed by atoms with E-state index >= 15 is 0 Å². The Morgan fingerprint density at radius 3 is 2.35 bits per heavy atom. The Bertz CT molecular complexity index is 181. The van der Waals surface area contributed by atoms with Crippen LogP contribution in [-0.4, -0.2) is 50.3 Å². The molecule has 102 valence electrons. The van der Waals surface area contributed by atoms with Crippen LogP contribution < -0.4 is 5.32 Å². The first-order valence-corrected chi connectivity index (χ1v) is 7.35. The zero-order valence-corrected chi connectivity index (χ0v) is 11.9. The minimum atomic E-state index is 0.575. The summed E-state index contributed by atoms with van der Waals surface area (Å²) in [7, 11) is 0. The smallest absolute Gasteiger partial charge is 0.0623 e. The summed E-state index contributed by atoms with van der Waals surface area (Å²) in [5.74, 6) is 0.680. The van der Waals surface area contributed by atoms with Crippen LogP contribution in [0.5, 0.6) is 0 Å². The molecule has 1 N–H and O–H groups in total. The largest absolute Gasteiger partial charge is 0.379 e. The van der Waals surface area contributed by atoms with Gasteiger partial charge in [0, 0.05) is 18.5 Å². The van der Waals surface area contributed by atoms with Gasteiger partial charge in [-0.05, 0) is 38.9 Å². The number of hydrogen-bond donors (Lipinski definition) is 1. The number of nitrogens with one attached hydrogen (secondary N) is 1. The standard InChI is InChI=1S/C14H30N2O/c1-4-7-15-14-12-17-11-13(14)10-16(8-5-2)9-6-3/h13-15H,4-12H2,1-3H3. The molecule has 0 amide bonds. The van der Waals surface area contributed by atoms with Crippen molar-refractivity contribution in [3.63, 3.8) is 0 Å². The molecule has 3 nitrogen and oxygen atoms in total. The van der Waals surface area contributed by atoms with Crippen molar-refractivity contribution in [3.8, 4) is 0 Å². The summed E-state index contributed by atoms with van der Waals surface area (Å²) in [4.78, 5) is 2.60. The highest BCUT2D eigenvalue weighted by atomic mass is 16.5. The summed E-state index contributed by atoms with van der Waals surface area (Å²) in [6, 6.07) is 0.575. The summed E-state index contributed by atoms with van der Waals surface area (Å²) in [5, 5.41) is 3.62. The lowest BCUT2D eigenvalue weighted by atomic mass is 10.0. The number of hydrogen-bond acceptors (Lipinski definition) is 3. The maximum Gasteiger partial charge on any atom is 0.0623 e. The Balaban J connectivity index is 2.35. The molecule has 0 saturated carbocycles. The first-order valence-electron chi connectivity index (χ1n) is 7.35. The summed E-state index contributed by atoms with van der Waals surface area (Å²) in [6.45, 7) is 13.4. The van der Waals surface area contributed by atoms with Crippen molar-refractivity contribution >= 4 is 0 Å². The van der Waals surface area contributed by atoms with Gasteiger partial charge in [-0.2, -0.15) is 0 Å². The quantitative estimate of drug-likeness (QED) is 0.670. The van der Waals surface area contributed by atoms with E-state index in [4.69, 9.17) is 4.74 Å². The van der Waals surface area contributed by atoms with Crippen molar-refractivity contribution in [1.82, 2.24) is 10.2 Å². The van der Waals surface area contributed by atoms with E-state index in [-0.39, 0.29) is 0 Å². The molecule has 0 spiro atoms. The van der Waals surface area contributed by atoms with Gasteiger partial charge in [0.25, 0.3) is 0 Å². The van der Waals surface area contributed by atoms with Crippen molar-refractivity contribution < 1.29 is 4.74 Å². The van der Waals surface area contributed by atoms with Gasteiger partial charge < -0.3 is 15.0 Å². The second-order valence-electron chi connectivity index (χ2n) is 5.16. The van der Waals surface area contributed by atoms with Crippen molar-refractivity contribution in [2.45, 2.75) is 46.1 Å². The third-order valence-corrected chi connectivity index (χ3v) is 3.43. The molecule has 1 aliphatic rings. The van der Waals surface area contributed by atoms with Gasteiger partial charge in [-0.1, -0.05) is 20.8 Å². The molecule has 1 aliphatic heterocycles. The molecule has 3 heteroatoms. The lowest BCUT2D eigenvalue weighted by Crippen LogP contribution is -2.42. The number of nitrogens with zero attached hydrogens (tertiary/aromatic N) is 1. The monoisotopic (exact) mass is 242 g/mol. The van der Waals surface area contributed by atoms with Gasteiger partial charge in [0.2, 0.25) is 0 Å². The Labute approximate surface area is 107 Å². The molecule has 0 aromatic heterocycles. The summed E-state index contributed by atoms with van der Waals surface area (Å²) >= 11 is 0. The van der Waals surface area contributed by atoms with E-state index in [9.17, 15) is 0 Å². The lowest BCUT2D eigenvalue weighted by molar-refractivity contribution is 0.166. The van der Waals surface area contributed by atoms with Gasteiger partial charge in [0.1, 0.15) is 0 Å². The Morgan fingerprint density at radius 2 is 1.76 bits per heavy atom. The topological polar surface area (TPSA) is 24.5 Å². The predicted octanol–water partition coefficient (Wildman–Crippen LogP) is 2.12. The Hall–Kier alpha value is -0.120. The predicted molar refractivity (Wildman–Crippen MR) is 73.4 cm³/mol. The highest BCUT2D eigenvalue weighted by molar-refractivity contribution is 4.83. The highest BCUT2D eigenvalue weighted by Gasteiger charge is 2.28. The molecule has 0 aromatic carbocycles. The Kier molecular flexibility index (Phi) is 7.82. The van der Waals surface area contributed by atoms with Gasteiger partial charge in [0.15, 0.2) is 0 Å². The van der Waals surface area contributed by atoms with Crippen LogP contribution in [-0.2, 0) is 4.74 Å². The summed E-state index contributed by atoms with van der Waals surface area (Å²) in [6.07, 6.45) is 3.71. The average molecular weight is 242 g/mol. The van der Waals surface area contributed by atoms with Gasteiger partial charge in [-0.25, -0.2) is 0 Å². The van der Waals surface area contributed by atoms with Crippen LogP contribution in [0.4, 0.5) is 0 Å². The van der Waals surface area contributed by atoms with E-state index in [1.165, 1.54) is 38.9 Å². The van der Waals surface area contributed by atoms with Crippen molar-refractivity contribution in [3.05, 3.63) is 0 Å². The van der Waals surface area contributed by atoms with Crippen molar-refractivity contribution in [2.75, 3.05) is 39.4 Å². The number of ether oxygens (including phenoxy) is 1. The molecule has 1 saturated heterocycles. The fourth-order valence-electron chi connectivity index (χ4n) is 2.59. The Morgan fingerprint density at radius 1 is 1.06 bits per heavy atom. The average Bonchev–Trinajstić information content (AvgIpc) is 2.74. The van der Waals surface area contributed by atoms with Crippen LogP contribution in [0.15, 0.2) is 0 Å².